The number of aliphatic hydroxyl groups excluding tert-OH is 1. The molecule has 3 N–H and O–H groups in total. The van der Waals surface area contributed by atoms with Crippen LogP contribution in [-0.4, -0.2) is 41.6 Å². The summed E-state index contributed by atoms with van der Waals surface area (Å²) in [6.07, 6.45) is 6.29. The van der Waals surface area contributed by atoms with E-state index in [1.807, 2.05) is 12.1 Å². The fourth-order valence-electron chi connectivity index (χ4n) is 4.43. The van der Waals surface area contributed by atoms with Crippen molar-refractivity contribution in [1.82, 2.24) is 5.32 Å². The van der Waals surface area contributed by atoms with E-state index in [-0.39, 0.29) is 30.4 Å². The van der Waals surface area contributed by atoms with E-state index in [4.69, 9.17) is 4.74 Å². The van der Waals surface area contributed by atoms with Crippen molar-refractivity contribution in [1.29, 1.82) is 0 Å². The topological polar surface area (TPSA) is 87.7 Å². The van der Waals surface area contributed by atoms with Gasteiger partial charge in [-0.1, -0.05) is 25.0 Å². The average Bonchev–Trinajstić information content (AvgIpc) is 3.18. The molecule has 0 radical (unpaired) electrons. The summed E-state index contributed by atoms with van der Waals surface area (Å²) in [5.74, 6) is -0.731. The second kappa shape index (κ2) is 7.98. The van der Waals surface area contributed by atoms with Crippen molar-refractivity contribution in [3.05, 3.63) is 29.3 Å². The number of nitrogens with one attached hydrogen (secondary N) is 2. The molecule has 1 aromatic rings. The first-order chi connectivity index (χ1) is 13.1. The molecule has 2 bridgehead atoms. The third kappa shape index (κ3) is 4.17. The highest BCUT2D eigenvalue weighted by Crippen LogP contribution is 2.39. The Morgan fingerprint density at radius 1 is 1.26 bits per heavy atom. The van der Waals surface area contributed by atoms with Crippen LogP contribution in [0.15, 0.2) is 18.2 Å². The van der Waals surface area contributed by atoms with Crippen molar-refractivity contribution >= 4 is 17.4 Å². The van der Waals surface area contributed by atoms with Gasteiger partial charge in [0.25, 0.3) is 5.91 Å². The number of hydrogen-bond donors (Lipinski definition) is 3. The maximum absolute atomic E-state index is 12.1. The molecule has 1 aromatic carbocycles. The molecular weight excluding hydrogens is 344 g/mol. The number of rotatable bonds is 6. The van der Waals surface area contributed by atoms with Crippen LogP contribution in [0.25, 0.3) is 0 Å². The van der Waals surface area contributed by atoms with Crippen LogP contribution < -0.4 is 10.6 Å². The minimum atomic E-state index is -0.463. The summed E-state index contributed by atoms with van der Waals surface area (Å²) in [6, 6.07) is 6.44. The number of carbonyl (C=O) groups excluding carboxylic acids is 2. The van der Waals surface area contributed by atoms with Crippen molar-refractivity contribution in [3.8, 4) is 0 Å². The quantitative estimate of drug-likeness (QED) is 0.667. The van der Waals surface area contributed by atoms with Gasteiger partial charge in [0.1, 0.15) is 0 Å². The first-order valence-electron chi connectivity index (χ1n) is 10.1. The van der Waals surface area contributed by atoms with Gasteiger partial charge in [0, 0.05) is 30.1 Å². The zero-order valence-electron chi connectivity index (χ0n) is 15.6. The smallest absolute Gasteiger partial charge is 0.287 e. The predicted molar refractivity (Wildman–Crippen MR) is 102 cm³/mol. The van der Waals surface area contributed by atoms with Crippen molar-refractivity contribution < 1.29 is 19.4 Å². The lowest BCUT2D eigenvalue weighted by molar-refractivity contribution is -0.138. The van der Waals surface area contributed by atoms with Crippen LogP contribution in [0.4, 0.5) is 5.69 Å². The number of aliphatic hydroxyl groups is 1. The van der Waals surface area contributed by atoms with E-state index in [0.29, 0.717) is 13.0 Å². The van der Waals surface area contributed by atoms with E-state index in [1.54, 1.807) is 0 Å². The molecule has 3 aliphatic rings. The Balaban J connectivity index is 1.29. The Morgan fingerprint density at radius 3 is 2.89 bits per heavy atom. The molecule has 0 spiro atoms. The predicted octanol–water partition coefficient (Wildman–Crippen LogP) is 2.25. The maximum atomic E-state index is 12.1. The standard InChI is InChI=1S/C21H28N2O4/c24-18(21(26)22-14-5-1-2-6-14)7-3-4-13-8-9-16-15(10-13)20-11-17(23-16)19(25)12-27-20/h8-10,14,17,19-20,23,25H,1-7,11-12H2,(H,22,26)/t17-,19+,20+/m0/s1. The summed E-state index contributed by atoms with van der Waals surface area (Å²) < 4.78 is 5.78. The Hall–Kier alpha value is -1.92. The zero-order valence-corrected chi connectivity index (χ0v) is 15.6. The zero-order chi connectivity index (χ0) is 18.8. The molecule has 4 rings (SSSR count). The van der Waals surface area contributed by atoms with Crippen molar-refractivity contribution in [3.63, 3.8) is 0 Å². The molecule has 2 fully saturated rings. The fourth-order valence-corrected chi connectivity index (χ4v) is 4.43. The molecule has 2 aliphatic heterocycles. The number of Topliss-reactive ketones (excluding diaryl/α,β-unsaturated/α-hetero) is 1. The van der Waals surface area contributed by atoms with Gasteiger partial charge < -0.3 is 20.5 Å². The molecule has 1 saturated heterocycles. The van der Waals surface area contributed by atoms with Gasteiger partial charge in [0.05, 0.1) is 24.9 Å². The number of ether oxygens (including phenoxy) is 1. The summed E-state index contributed by atoms with van der Waals surface area (Å²) in [7, 11) is 0. The molecule has 1 saturated carbocycles. The monoisotopic (exact) mass is 372 g/mol. The van der Waals surface area contributed by atoms with Crippen LogP contribution in [0.2, 0.25) is 0 Å². The average molecular weight is 372 g/mol. The number of hydrogen-bond acceptors (Lipinski definition) is 5. The number of carbonyl (C=O) groups is 2. The molecule has 146 valence electrons. The molecule has 1 amide bonds. The molecule has 0 unspecified atom stereocenters. The Labute approximate surface area is 159 Å². The van der Waals surface area contributed by atoms with Crippen molar-refractivity contribution in [2.45, 2.75) is 75.7 Å². The Morgan fingerprint density at radius 2 is 2.07 bits per heavy atom. The summed E-state index contributed by atoms with van der Waals surface area (Å²) in [4.78, 5) is 24.0. The highest BCUT2D eigenvalue weighted by atomic mass is 16.5. The molecular formula is C21H28N2O4. The van der Waals surface area contributed by atoms with Crippen LogP contribution in [0.1, 0.15) is 62.2 Å². The summed E-state index contributed by atoms with van der Waals surface area (Å²) in [5.41, 5.74) is 3.29. The van der Waals surface area contributed by atoms with Gasteiger partial charge in [-0.15, -0.1) is 0 Å². The van der Waals surface area contributed by atoms with Gasteiger partial charge in [-0.3, -0.25) is 9.59 Å². The molecule has 3 atom stereocenters. The highest BCUT2D eigenvalue weighted by molar-refractivity contribution is 6.36. The van der Waals surface area contributed by atoms with Crippen LogP contribution in [0.5, 0.6) is 0 Å². The van der Waals surface area contributed by atoms with Crippen LogP contribution in [-0.2, 0) is 20.7 Å². The molecule has 27 heavy (non-hydrogen) atoms. The summed E-state index contributed by atoms with van der Waals surface area (Å²) in [6.45, 7) is 0.358. The molecule has 1 aliphatic carbocycles. The lowest BCUT2D eigenvalue weighted by Crippen LogP contribution is -2.45. The van der Waals surface area contributed by atoms with E-state index in [1.165, 1.54) is 0 Å². The first-order valence-corrected chi connectivity index (χ1v) is 10.1. The summed E-state index contributed by atoms with van der Waals surface area (Å²) in [5, 5.41) is 16.2. The number of ketones is 1. The van der Waals surface area contributed by atoms with Crippen LogP contribution in [0.3, 0.4) is 0 Å². The molecule has 2 heterocycles. The molecule has 6 nitrogen and oxygen atoms in total. The Kier molecular flexibility index (Phi) is 5.45. The van der Waals surface area contributed by atoms with Gasteiger partial charge in [-0.05, 0) is 37.3 Å². The second-order valence-corrected chi connectivity index (χ2v) is 8.03. The number of aryl methyl sites for hydroxylation is 1. The SMILES string of the molecule is O=C(CCCc1ccc2c(c1)[C@H]1C[C@H](N2)[C@H](O)CO1)C(=O)NC1CCCC1. The minimum absolute atomic E-state index is 0.0217. The third-order valence-electron chi connectivity index (χ3n) is 6.02. The summed E-state index contributed by atoms with van der Waals surface area (Å²) >= 11 is 0. The first kappa shape index (κ1) is 18.4. The van der Waals surface area contributed by atoms with Gasteiger partial charge in [0.2, 0.25) is 5.78 Å². The Bertz CT molecular complexity index is 714. The lowest BCUT2D eigenvalue weighted by Gasteiger charge is -2.40. The fraction of sp³-hybridized carbons (Fsp3) is 0.619. The number of fused-ring (bicyclic) bond motifs is 4. The number of anilines is 1. The lowest BCUT2D eigenvalue weighted by atomic mass is 9.88. The van der Waals surface area contributed by atoms with Crippen molar-refractivity contribution in [2.75, 3.05) is 11.9 Å². The van der Waals surface area contributed by atoms with Crippen LogP contribution >= 0.6 is 0 Å². The van der Waals surface area contributed by atoms with E-state index in [0.717, 1.165) is 55.3 Å². The third-order valence-corrected chi connectivity index (χ3v) is 6.02. The van der Waals surface area contributed by atoms with Crippen LogP contribution in [0, 0.1) is 0 Å². The van der Waals surface area contributed by atoms with Gasteiger partial charge in [0.15, 0.2) is 0 Å². The maximum Gasteiger partial charge on any atom is 0.287 e. The van der Waals surface area contributed by atoms with Gasteiger partial charge >= 0.3 is 0 Å². The molecule has 6 heteroatoms. The minimum Gasteiger partial charge on any atom is -0.389 e. The number of amides is 1. The van der Waals surface area contributed by atoms with E-state index in [2.05, 4.69) is 16.7 Å². The van der Waals surface area contributed by atoms with Crippen molar-refractivity contribution in [2.24, 2.45) is 0 Å². The highest BCUT2D eigenvalue weighted by Gasteiger charge is 2.36. The van der Waals surface area contributed by atoms with E-state index < -0.39 is 12.0 Å². The van der Waals surface area contributed by atoms with Gasteiger partial charge in [-0.2, -0.15) is 0 Å². The largest absolute Gasteiger partial charge is 0.389 e. The number of benzene rings is 1. The normalized spacial score (nSPS) is 26.9. The second-order valence-electron chi connectivity index (χ2n) is 8.03. The van der Waals surface area contributed by atoms with E-state index >= 15 is 0 Å². The van der Waals surface area contributed by atoms with Gasteiger partial charge in [-0.25, -0.2) is 0 Å². The molecule has 0 aromatic heterocycles. The van der Waals surface area contributed by atoms with E-state index in [9.17, 15) is 14.7 Å².